The zero-order chi connectivity index (χ0) is 29.1. The number of hydrogen-bond acceptors (Lipinski definition) is 8. The van der Waals surface area contributed by atoms with E-state index in [1.165, 1.54) is 0 Å². The van der Waals surface area contributed by atoms with Gasteiger partial charge in [0.05, 0.1) is 11.5 Å². The zero-order valence-corrected chi connectivity index (χ0v) is 24.4. The van der Waals surface area contributed by atoms with E-state index in [-0.39, 0.29) is 54.3 Å². The molecule has 0 aromatic heterocycles. The summed E-state index contributed by atoms with van der Waals surface area (Å²) in [6.07, 6.45) is -0.972. The molecule has 1 amide bonds. The fourth-order valence-electron chi connectivity index (χ4n) is 11.8. The molecule has 5 bridgehead atoms. The second-order valence-electron chi connectivity index (χ2n) is 15.4. The van der Waals surface area contributed by atoms with Crippen LogP contribution in [0.5, 0.6) is 5.75 Å². The number of hydrogen-bond donors (Lipinski definition) is 3. The summed E-state index contributed by atoms with van der Waals surface area (Å²) < 4.78 is 20.0. The van der Waals surface area contributed by atoms with Crippen LogP contribution in [0.4, 0.5) is 0 Å². The van der Waals surface area contributed by atoms with Gasteiger partial charge < -0.3 is 24.4 Å². The van der Waals surface area contributed by atoms with E-state index in [2.05, 4.69) is 27.7 Å². The van der Waals surface area contributed by atoms with Gasteiger partial charge in [0.25, 0.3) is 5.91 Å². The highest BCUT2D eigenvalue weighted by Gasteiger charge is 2.85. The molecule has 14 unspecified atom stereocenters. The highest BCUT2D eigenvalue weighted by molar-refractivity contribution is 6.09. The summed E-state index contributed by atoms with van der Waals surface area (Å²) in [6, 6.07) is 7.45. The van der Waals surface area contributed by atoms with E-state index in [0.29, 0.717) is 28.2 Å². The Hall–Kier alpha value is -2.04. The van der Waals surface area contributed by atoms with E-state index in [1.54, 1.807) is 0 Å². The average molecular weight is 568 g/mol. The molecule has 5 aliphatic heterocycles. The normalized spacial score (nSPS) is 56.6. The van der Waals surface area contributed by atoms with Gasteiger partial charge in [-0.3, -0.25) is 14.8 Å². The lowest BCUT2D eigenvalue weighted by atomic mass is 9.51. The van der Waals surface area contributed by atoms with Crippen LogP contribution in [0.15, 0.2) is 24.3 Å². The van der Waals surface area contributed by atoms with Gasteiger partial charge in [-0.05, 0) is 61.6 Å². The number of ether oxygens (including phenoxy) is 3. The lowest BCUT2D eigenvalue weighted by Gasteiger charge is -2.51. The molecule has 9 rings (SSSR count). The number of ketones is 1. The standard InChI is InChI=1S/C32H41NO8/c1-15-10-16(2)21-23-20-22-25(35)31(14-32(37,33(38)27(31)36)12-17-6-8-18(39-23)9-7-17)13-19(34)40-29(22,4)26-30(5,41-26)24(20)28(21,3)11-15/h6-9,15-16,19-24,26,34,37-38H,10-14H2,1-5H3. The third kappa shape index (κ3) is 3.05. The van der Waals surface area contributed by atoms with Crippen molar-refractivity contribution in [2.75, 3.05) is 0 Å². The van der Waals surface area contributed by atoms with Crippen LogP contribution in [0.1, 0.15) is 65.9 Å². The van der Waals surface area contributed by atoms with E-state index in [4.69, 9.17) is 14.2 Å². The topological polar surface area (TPSA) is 129 Å². The maximum absolute atomic E-state index is 15.2. The second kappa shape index (κ2) is 7.72. The maximum Gasteiger partial charge on any atom is 0.262 e. The van der Waals surface area contributed by atoms with Crippen LogP contribution in [-0.2, 0) is 25.5 Å². The summed E-state index contributed by atoms with van der Waals surface area (Å²) in [4.78, 5) is 29.2. The van der Waals surface area contributed by atoms with E-state index in [9.17, 15) is 20.2 Å². The first kappa shape index (κ1) is 26.6. The highest BCUT2D eigenvalue weighted by atomic mass is 16.7. The van der Waals surface area contributed by atoms with Crippen LogP contribution in [0.2, 0.25) is 0 Å². The number of carbonyl (C=O) groups is 2. The number of hydroxylamine groups is 2. The Balaban J connectivity index is 1.41. The van der Waals surface area contributed by atoms with Crippen molar-refractivity contribution in [1.29, 1.82) is 0 Å². The number of carbonyl (C=O) groups excluding carboxylic acids is 2. The van der Waals surface area contributed by atoms with Crippen molar-refractivity contribution in [3.63, 3.8) is 0 Å². The number of Topliss-reactive ketones (excluding diaryl/α,β-unsaturated/α-hetero) is 1. The zero-order valence-electron chi connectivity index (χ0n) is 24.4. The number of epoxide rings is 1. The van der Waals surface area contributed by atoms with Crippen molar-refractivity contribution in [2.24, 2.45) is 46.3 Å². The number of rotatable bonds is 0. The summed E-state index contributed by atoms with van der Waals surface area (Å²) in [5, 5.41) is 34.4. The Labute approximate surface area is 240 Å². The van der Waals surface area contributed by atoms with Gasteiger partial charge in [0, 0.05) is 37.0 Å². The predicted molar refractivity (Wildman–Crippen MR) is 143 cm³/mol. The minimum Gasteiger partial charge on any atom is -0.490 e. The molecule has 14 atom stereocenters. The number of aliphatic hydroxyl groups is 2. The first-order valence-corrected chi connectivity index (χ1v) is 15.3. The minimum absolute atomic E-state index is 0.0527. The Morgan fingerprint density at radius 1 is 1.00 bits per heavy atom. The second-order valence-corrected chi connectivity index (χ2v) is 15.4. The van der Waals surface area contributed by atoms with Crippen molar-refractivity contribution in [3.05, 3.63) is 29.8 Å². The smallest absolute Gasteiger partial charge is 0.262 e. The molecule has 3 saturated carbocycles. The summed E-state index contributed by atoms with van der Waals surface area (Å²) in [5.74, 6) is -0.899. The molecule has 3 saturated heterocycles. The third-order valence-corrected chi connectivity index (χ3v) is 12.7. The summed E-state index contributed by atoms with van der Waals surface area (Å²) in [7, 11) is 0. The molecule has 9 heteroatoms. The van der Waals surface area contributed by atoms with E-state index >= 15 is 4.79 Å². The first-order chi connectivity index (χ1) is 19.2. The molecule has 0 radical (unpaired) electrons. The largest absolute Gasteiger partial charge is 0.490 e. The molecule has 5 heterocycles. The van der Waals surface area contributed by atoms with Crippen LogP contribution in [0, 0.1) is 46.3 Å². The molecule has 9 nitrogen and oxygen atoms in total. The molecular weight excluding hydrogens is 526 g/mol. The molecule has 3 aliphatic carbocycles. The van der Waals surface area contributed by atoms with Gasteiger partial charge in [-0.25, -0.2) is 0 Å². The van der Waals surface area contributed by atoms with E-state index in [0.717, 1.165) is 12.8 Å². The van der Waals surface area contributed by atoms with Gasteiger partial charge in [-0.2, -0.15) is 5.06 Å². The predicted octanol–water partition coefficient (Wildman–Crippen LogP) is 3.07. The van der Waals surface area contributed by atoms with Crippen molar-refractivity contribution in [2.45, 2.75) is 102 Å². The van der Waals surface area contributed by atoms with E-state index < -0.39 is 46.6 Å². The van der Waals surface area contributed by atoms with Crippen LogP contribution < -0.4 is 4.74 Å². The Morgan fingerprint density at radius 2 is 1.71 bits per heavy atom. The third-order valence-electron chi connectivity index (χ3n) is 12.7. The van der Waals surface area contributed by atoms with Crippen molar-refractivity contribution in [1.82, 2.24) is 5.06 Å². The highest BCUT2D eigenvalue weighted by Crippen LogP contribution is 2.75. The molecule has 1 spiro atoms. The van der Waals surface area contributed by atoms with Crippen molar-refractivity contribution in [3.8, 4) is 5.75 Å². The van der Waals surface area contributed by atoms with Gasteiger partial charge >= 0.3 is 0 Å². The van der Waals surface area contributed by atoms with Gasteiger partial charge in [0.2, 0.25) is 0 Å². The van der Waals surface area contributed by atoms with Crippen molar-refractivity contribution < 1.29 is 39.2 Å². The van der Waals surface area contributed by atoms with Crippen LogP contribution in [0.25, 0.3) is 0 Å². The maximum atomic E-state index is 15.2. The fourth-order valence-corrected chi connectivity index (χ4v) is 11.8. The molecular formula is C32H41NO8. The number of fused-ring (bicyclic) bond motifs is 7. The first-order valence-electron chi connectivity index (χ1n) is 15.3. The number of nitrogens with zero attached hydrogens (tertiary/aromatic N) is 1. The fraction of sp³-hybridized carbons (Fsp3) is 0.750. The summed E-state index contributed by atoms with van der Waals surface area (Å²) in [5.41, 5.74) is -5.17. The van der Waals surface area contributed by atoms with Crippen LogP contribution in [0.3, 0.4) is 0 Å². The minimum atomic E-state index is -2.01. The van der Waals surface area contributed by atoms with Gasteiger partial charge in [0.1, 0.15) is 29.0 Å². The monoisotopic (exact) mass is 567 g/mol. The average Bonchev–Trinajstić information content (AvgIpc) is 3.48. The Morgan fingerprint density at radius 3 is 2.41 bits per heavy atom. The number of aliphatic hydroxyl groups excluding tert-OH is 1. The van der Waals surface area contributed by atoms with Crippen LogP contribution >= 0.6 is 0 Å². The number of amides is 1. The van der Waals surface area contributed by atoms with Crippen molar-refractivity contribution >= 4 is 11.7 Å². The quantitative estimate of drug-likeness (QED) is 0.248. The SMILES string of the molecule is CC1CC(C)C2C3Oc4ccc(cc4)CC4(O)CC5(CC(O)OC6(C)C(C5=O)C3C(C2(C)C1)C1(C)OC61)C(=O)N4O. The van der Waals surface area contributed by atoms with Gasteiger partial charge in [-0.1, -0.05) is 32.9 Å². The molecule has 6 fully saturated rings. The lowest BCUT2D eigenvalue weighted by molar-refractivity contribution is -0.233. The molecule has 1 aromatic carbocycles. The molecule has 222 valence electrons. The number of benzene rings is 1. The summed E-state index contributed by atoms with van der Waals surface area (Å²) >= 11 is 0. The Kier molecular flexibility index (Phi) is 5.00. The summed E-state index contributed by atoms with van der Waals surface area (Å²) in [6.45, 7) is 10.9. The molecule has 41 heavy (non-hydrogen) atoms. The van der Waals surface area contributed by atoms with Gasteiger partial charge in [0.15, 0.2) is 17.8 Å². The molecule has 1 aromatic rings. The molecule has 8 aliphatic rings. The van der Waals surface area contributed by atoms with Gasteiger partial charge in [-0.15, -0.1) is 0 Å². The molecule has 3 N–H and O–H groups in total. The van der Waals surface area contributed by atoms with Crippen LogP contribution in [-0.4, -0.2) is 67.6 Å². The lowest BCUT2D eigenvalue weighted by Crippen LogP contribution is -2.63. The Bertz CT molecular complexity index is 1350. The van der Waals surface area contributed by atoms with E-state index in [1.807, 2.05) is 31.2 Å².